The minimum atomic E-state index is -1.55. The maximum Gasteiger partial charge on any atom is 0.161 e. The first-order chi connectivity index (χ1) is 20.1. The molecule has 4 saturated carbocycles. The second-order valence-corrected chi connectivity index (χ2v) is 12.4. The predicted molar refractivity (Wildman–Crippen MR) is 153 cm³/mol. The average Bonchev–Trinajstić information content (AvgIpc) is 2.95. The third kappa shape index (κ3) is 3.01. The van der Waals surface area contributed by atoms with Crippen LogP contribution < -0.4 is 0 Å². The smallest absolute Gasteiger partial charge is 0.161 e. The first-order valence-corrected chi connectivity index (χ1v) is 14.1. The van der Waals surface area contributed by atoms with Crippen molar-refractivity contribution in [3.63, 3.8) is 0 Å². The number of hydrogen-bond acceptors (Lipinski definition) is 8. The molecule has 42 heavy (non-hydrogen) atoms. The zero-order valence-corrected chi connectivity index (χ0v) is 22.7. The van der Waals surface area contributed by atoms with Crippen LogP contribution in [-0.4, -0.2) is 40.9 Å². The van der Waals surface area contributed by atoms with Gasteiger partial charge in [-0.25, -0.2) is 0 Å². The molecule has 8 heteroatoms. The van der Waals surface area contributed by atoms with Gasteiger partial charge in [-0.05, 0) is 68.2 Å². The predicted octanol–water partition coefficient (Wildman–Crippen LogP) is 5.72. The molecule has 4 aliphatic rings. The maximum atomic E-state index is 11.7. The Bertz CT molecular complexity index is 1610. The van der Waals surface area contributed by atoms with Crippen LogP contribution in [0.3, 0.4) is 0 Å². The molecular weight excluding hydrogens is 536 g/mol. The van der Waals surface area contributed by atoms with Crippen molar-refractivity contribution in [2.45, 2.75) is 48.3 Å². The van der Waals surface area contributed by atoms with Crippen LogP contribution in [0, 0.1) is 11.8 Å². The number of para-hydroxylation sites is 4. The van der Waals surface area contributed by atoms with E-state index in [-0.39, 0.29) is 46.0 Å². The Labute approximate surface area is 242 Å². The summed E-state index contributed by atoms with van der Waals surface area (Å²) in [5.41, 5.74) is -2.56. The lowest BCUT2D eigenvalue weighted by Gasteiger charge is -2.73. The first kappa shape index (κ1) is 26.2. The van der Waals surface area contributed by atoms with Crippen LogP contribution >= 0.6 is 0 Å². The van der Waals surface area contributed by atoms with Gasteiger partial charge in [-0.15, -0.1) is 0 Å². The van der Waals surface area contributed by atoms with E-state index in [0.29, 0.717) is 36.8 Å². The van der Waals surface area contributed by atoms with E-state index in [4.69, 9.17) is 0 Å². The van der Waals surface area contributed by atoms with Gasteiger partial charge in [-0.1, -0.05) is 48.5 Å². The second kappa shape index (κ2) is 8.64. The molecule has 0 aromatic heterocycles. The minimum Gasteiger partial charge on any atom is -0.504 e. The number of benzene rings is 4. The summed E-state index contributed by atoms with van der Waals surface area (Å²) in [6.07, 6.45) is 2.80. The molecule has 0 unspecified atom stereocenters. The van der Waals surface area contributed by atoms with Crippen molar-refractivity contribution in [2.24, 2.45) is 11.8 Å². The Morgan fingerprint density at radius 1 is 0.405 bits per heavy atom. The number of rotatable bonds is 4. The van der Waals surface area contributed by atoms with Gasteiger partial charge in [0.2, 0.25) is 0 Å². The second-order valence-electron chi connectivity index (χ2n) is 12.4. The molecule has 4 fully saturated rings. The Kier molecular flexibility index (Phi) is 5.39. The molecule has 216 valence electrons. The Morgan fingerprint density at radius 2 is 0.690 bits per heavy atom. The molecule has 0 aliphatic heterocycles. The van der Waals surface area contributed by atoms with E-state index in [9.17, 15) is 40.9 Å². The highest BCUT2D eigenvalue weighted by Gasteiger charge is 2.76. The summed E-state index contributed by atoms with van der Waals surface area (Å²) >= 11 is 0. The van der Waals surface area contributed by atoms with Gasteiger partial charge in [0.05, 0.1) is 0 Å². The molecule has 0 heterocycles. The molecule has 4 aromatic rings. The summed E-state index contributed by atoms with van der Waals surface area (Å²) in [5, 5.41) is 89.8. The Morgan fingerprint density at radius 3 is 1.02 bits per heavy atom. The highest BCUT2D eigenvalue weighted by Crippen LogP contribution is 2.79. The third-order valence-electron chi connectivity index (χ3n) is 10.5. The van der Waals surface area contributed by atoms with Crippen LogP contribution in [0.25, 0.3) is 0 Å². The molecular formula is C34H32O8. The lowest BCUT2D eigenvalue weighted by molar-refractivity contribution is -0.0933. The molecule has 0 atom stereocenters. The summed E-state index contributed by atoms with van der Waals surface area (Å²) < 4.78 is 0. The number of hydrogen-bond donors (Lipinski definition) is 8. The van der Waals surface area contributed by atoms with Gasteiger partial charge in [0.1, 0.15) is 0 Å². The van der Waals surface area contributed by atoms with Crippen LogP contribution in [0.1, 0.15) is 54.4 Å². The highest BCUT2D eigenvalue weighted by atomic mass is 16.3. The van der Waals surface area contributed by atoms with Gasteiger partial charge in [0.25, 0.3) is 0 Å². The topological polar surface area (TPSA) is 162 Å². The number of phenols is 8. The SMILES string of the molecule is Oc1cccc(C23CC4CC(C2)CC(c2cccc(O)c2O)(C4)C3(c2cccc(O)c2O)c2cccc(O)c2O)c1O. The first-order valence-electron chi connectivity index (χ1n) is 14.1. The van der Waals surface area contributed by atoms with Crippen LogP contribution in [0.5, 0.6) is 46.0 Å². The Balaban J connectivity index is 1.77. The van der Waals surface area contributed by atoms with E-state index in [1.54, 1.807) is 48.5 Å². The fourth-order valence-corrected chi connectivity index (χ4v) is 9.68. The molecule has 4 aromatic carbocycles. The van der Waals surface area contributed by atoms with Gasteiger partial charge < -0.3 is 40.9 Å². The van der Waals surface area contributed by atoms with Crippen molar-refractivity contribution in [3.05, 3.63) is 95.1 Å². The summed E-state index contributed by atoms with van der Waals surface area (Å²) in [5.74, 6) is -2.84. The molecule has 4 bridgehead atoms. The lowest BCUT2D eigenvalue weighted by Crippen LogP contribution is -2.72. The van der Waals surface area contributed by atoms with Gasteiger partial charge in [-0.2, -0.15) is 0 Å². The minimum absolute atomic E-state index is 0.0769. The third-order valence-corrected chi connectivity index (χ3v) is 10.5. The number of aromatic hydroxyl groups is 8. The molecule has 0 amide bonds. The molecule has 0 radical (unpaired) electrons. The fourth-order valence-electron chi connectivity index (χ4n) is 9.68. The molecule has 8 rings (SSSR count). The van der Waals surface area contributed by atoms with E-state index < -0.39 is 39.2 Å². The standard InChI is InChI=1S/C34H32O8/c35-24-9-1-5-20(28(24)39)32-14-18-13-19(15-32)17-33(16-18,21-6-2-10-25(36)29(21)40)34(32,22-7-3-11-26(37)30(22)41)23-8-4-12-27(38)31(23)42/h1-12,18-19,35-42H,13-17H2. The molecule has 8 nitrogen and oxygen atoms in total. The van der Waals surface area contributed by atoms with Crippen LogP contribution in [0.4, 0.5) is 0 Å². The molecule has 4 aliphatic carbocycles. The van der Waals surface area contributed by atoms with Crippen molar-refractivity contribution in [1.82, 2.24) is 0 Å². The quantitative estimate of drug-likeness (QED) is 0.145. The zero-order chi connectivity index (χ0) is 29.6. The van der Waals surface area contributed by atoms with Crippen LogP contribution in [-0.2, 0) is 16.2 Å². The lowest BCUT2D eigenvalue weighted by atomic mass is 9.28. The van der Waals surface area contributed by atoms with Gasteiger partial charge in [-0.3, -0.25) is 0 Å². The van der Waals surface area contributed by atoms with Crippen molar-refractivity contribution < 1.29 is 40.9 Å². The van der Waals surface area contributed by atoms with E-state index in [1.165, 1.54) is 24.3 Å². The highest BCUT2D eigenvalue weighted by molar-refractivity contribution is 5.70. The van der Waals surface area contributed by atoms with Crippen molar-refractivity contribution in [2.75, 3.05) is 0 Å². The summed E-state index contributed by atoms with van der Waals surface area (Å²) in [7, 11) is 0. The van der Waals surface area contributed by atoms with Crippen LogP contribution in [0.2, 0.25) is 0 Å². The molecule has 0 saturated heterocycles. The summed E-state index contributed by atoms with van der Waals surface area (Å²) in [6, 6.07) is 18.7. The van der Waals surface area contributed by atoms with Crippen LogP contribution in [0.15, 0.2) is 72.8 Å². The molecule has 8 N–H and O–H groups in total. The van der Waals surface area contributed by atoms with E-state index in [1.807, 2.05) is 0 Å². The van der Waals surface area contributed by atoms with E-state index >= 15 is 0 Å². The van der Waals surface area contributed by atoms with Gasteiger partial charge in [0.15, 0.2) is 46.0 Å². The molecule has 0 spiro atoms. The van der Waals surface area contributed by atoms with Gasteiger partial charge in [0, 0.05) is 38.5 Å². The van der Waals surface area contributed by atoms with Crippen molar-refractivity contribution in [3.8, 4) is 46.0 Å². The monoisotopic (exact) mass is 568 g/mol. The largest absolute Gasteiger partial charge is 0.504 e. The van der Waals surface area contributed by atoms with Gasteiger partial charge >= 0.3 is 0 Å². The Hall–Kier alpha value is -4.72. The summed E-state index contributed by atoms with van der Waals surface area (Å²) in [6.45, 7) is 0. The van der Waals surface area contributed by atoms with Crippen molar-refractivity contribution in [1.29, 1.82) is 0 Å². The average molecular weight is 569 g/mol. The van der Waals surface area contributed by atoms with Crippen molar-refractivity contribution >= 4 is 0 Å². The van der Waals surface area contributed by atoms with E-state index in [0.717, 1.165) is 6.42 Å². The normalized spacial score (nSPS) is 27.2. The fraction of sp³-hybridized carbons (Fsp3) is 0.294. The summed E-state index contributed by atoms with van der Waals surface area (Å²) in [4.78, 5) is 0. The number of phenolic OH excluding ortho intramolecular Hbond substituents is 8. The maximum absolute atomic E-state index is 11.7. The van der Waals surface area contributed by atoms with E-state index in [2.05, 4.69) is 0 Å². The zero-order valence-electron chi connectivity index (χ0n) is 22.7.